The highest BCUT2D eigenvalue weighted by Crippen LogP contribution is 2.51. The monoisotopic (exact) mass is 530 g/mol. The molecule has 0 bridgehead atoms. The minimum atomic E-state index is -0.451. The fourth-order valence-electron chi connectivity index (χ4n) is 2.74. The van der Waals surface area contributed by atoms with Crippen molar-refractivity contribution in [2.45, 2.75) is 40.5 Å². The summed E-state index contributed by atoms with van der Waals surface area (Å²) < 4.78 is 19.3. The maximum atomic E-state index is 12.0. The van der Waals surface area contributed by atoms with Crippen molar-refractivity contribution in [3.05, 3.63) is 51.6 Å². The zero-order valence-corrected chi connectivity index (χ0v) is 20.5. The molecule has 160 valence electrons. The van der Waals surface area contributed by atoms with E-state index < -0.39 is 5.95 Å². The zero-order valence-electron chi connectivity index (χ0n) is 17.3. The Morgan fingerprint density at radius 3 is 1.79 bits per heavy atom. The first-order valence-electron chi connectivity index (χ1n) is 9.66. The lowest BCUT2D eigenvalue weighted by Gasteiger charge is -2.06. The lowest BCUT2D eigenvalue weighted by molar-refractivity contribution is 0.257. The molecule has 0 aromatic carbocycles. The van der Waals surface area contributed by atoms with E-state index in [0.717, 1.165) is 21.4 Å². The second-order valence-corrected chi connectivity index (χ2v) is 10.7. The first-order chi connectivity index (χ1) is 13.5. The number of aromatic nitrogens is 2. The van der Waals surface area contributed by atoms with Crippen LogP contribution in [-0.4, -0.2) is 28.3 Å². The van der Waals surface area contributed by atoms with Crippen molar-refractivity contribution < 1.29 is 14.2 Å². The van der Waals surface area contributed by atoms with Crippen molar-refractivity contribution in [1.29, 1.82) is 0 Å². The van der Waals surface area contributed by atoms with Crippen molar-refractivity contribution in [1.82, 2.24) is 9.97 Å². The molecule has 2 saturated carbocycles. The highest BCUT2D eigenvalue weighted by Gasteiger charge is 2.46. The molecule has 4 nitrogen and oxygen atoms in total. The summed E-state index contributed by atoms with van der Waals surface area (Å²) in [7, 11) is 0. The Bertz CT molecular complexity index is 746. The van der Waals surface area contributed by atoms with Crippen LogP contribution >= 0.6 is 31.9 Å². The van der Waals surface area contributed by atoms with Gasteiger partial charge in [0.1, 0.15) is 0 Å². The number of hydrogen-bond acceptors (Lipinski definition) is 4. The quantitative estimate of drug-likeness (QED) is 0.472. The third-order valence-corrected chi connectivity index (χ3v) is 6.42. The van der Waals surface area contributed by atoms with Gasteiger partial charge in [-0.25, -0.2) is 9.97 Å². The Balaban J connectivity index is 0.000000170. The van der Waals surface area contributed by atoms with E-state index in [4.69, 9.17) is 9.84 Å². The molecule has 4 rings (SSSR count). The number of ether oxygens (including phenoxy) is 1. The van der Waals surface area contributed by atoms with E-state index >= 15 is 0 Å². The normalized spacial score (nSPS) is 22.3. The van der Waals surface area contributed by atoms with Crippen LogP contribution in [0, 0.1) is 28.6 Å². The molecule has 29 heavy (non-hydrogen) atoms. The Morgan fingerprint density at radius 1 is 0.966 bits per heavy atom. The fourth-order valence-corrected chi connectivity index (χ4v) is 3.21. The summed E-state index contributed by atoms with van der Waals surface area (Å²) in [5, 5.41) is 8.54. The summed E-state index contributed by atoms with van der Waals surface area (Å²) in [5.74, 6) is 1.57. The third-order valence-electron chi connectivity index (χ3n) is 5.48. The van der Waals surface area contributed by atoms with Gasteiger partial charge < -0.3 is 9.84 Å². The molecule has 2 aliphatic carbocycles. The molecule has 7 heteroatoms. The molecule has 0 radical (unpaired) electrons. The molecule has 0 spiro atoms. The van der Waals surface area contributed by atoms with Crippen LogP contribution in [0.15, 0.2) is 45.6 Å². The predicted octanol–water partition coefficient (Wildman–Crippen LogP) is 6.28. The summed E-state index contributed by atoms with van der Waals surface area (Å²) in [5.41, 5.74) is 0.949. The van der Waals surface area contributed by atoms with Crippen molar-refractivity contribution in [3.8, 4) is 5.88 Å². The third kappa shape index (κ3) is 8.69. The summed E-state index contributed by atoms with van der Waals surface area (Å²) in [6.45, 7) is 10.1. The Labute approximate surface area is 189 Å². The largest absolute Gasteiger partial charge is 0.477 e. The van der Waals surface area contributed by atoms with Crippen molar-refractivity contribution in [3.63, 3.8) is 0 Å². The average molecular weight is 532 g/mol. The molecule has 0 saturated heterocycles. The highest BCUT2D eigenvalue weighted by molar-refractivity contribution is 9.10. The van der Waals surface area contributed by atoms with Crippen LogP contribution in [0.1, 0.15) is 40.5 Å². The van der Waals surface area contributed by atoms with E-state index in [1.54, 1.807) is 12.3 Å². The van der Waals surface area contributed by atoms with E-state index in [1.165, 1.54) is 25.1 Å². The number of rotatable bonds is 4. The Morgan fingerprint density at radius 2 is 1.48 bits per heavy atom. The Hall–Kier alpha value is -1.05. The number of pyridine rings is 2. The molecule has 2 heterocycles. The van der Waals surface area contributed by atoms with E-state index in [1.807, 2.05) is 12.1 Å². The molecule has 2 atom stereocenters. The van der Waals surface area contributed by atoms with Crippen molar-refractivity contribution >= 4 is 31.9 Å². The van der Waals surface area contributed by atoms with Gasteiger partial charge in [0.05, 0.1) is 6.61 Å². The first-order valence-corrected chi connectivity index (χ1v) is 11.2. The van der Waals surface area contributed by atoms with E-state index in [9.17, 15) is 4.39 Å². The van der Waals surface area contributed by atoms with E-state index in [2.05, 4.69) is 69.5 Å². The van der Waals surface area contributed by atoms with Crippen molar-refractivity contribution in [2.75, 3.05) is 13.2 Å². The smallest absolute Gasteiger partial charge is 0.213 e. The van der Waals surface area contributed by atoms with Gasteiger partial charge >= 0.3 is 0 Å². The van der Waals surface area contributed by atoms with Gasteiger partial charge in [-0.1, -0.05) is 27.7 Å². The fraction of sp³-hybridized carbons (Fsp3) is 0.545. The van der Waals surface area contributed by atoms with Crippen LogP contribution in [0.25, 0.3) is 0 Å². The summed E-state index contributed by atoms with van der Waals surface area (Å²) in [6, 6.07) is 6.73. The van der Waals surface area contributed by atoms with Crippen LogP contribution in [-0.2, 0) is 0 Å². The van der Waals surface area contributed by atoms with Crippen molar-refractivity contribution in [2.24, 2.45) is 22.7 Å². The van der Waals surface area contributed by atoms with E-state index in [0.29, 0.717) is 29.3 Å². The maximum absolute atomic E-state index is 12.0. The van der Waals surface area contributed by atoms with Crippen LogP contribution in [0.5, 0.6) is 5.88 Å². The highest BCUT2D eigenvalue weighted by atomic mass is 79.9. The van der Waals surface area contributed by atoms with Gasteiger partial charge in [-0.05, 0) is 85.6 Å². The molecule has 2 aliphatic rings. The molecule has 2 unspecified atom stereocenters. The summed E-state index contributed by atoms with van der Waals surface area (Å²) >= 11 is 6.45. The number of hydrogen-bond donors (Lipinski definition) is 1. The van der Waals surface area contributed by atoms with Gasteiger partial charge in [0.15, 0.2) is 0 Å². The zero-order chi connectivity index (χ0) is 21.7. The molecule has 2 fully saturated rings. The number of halogens is 3. The van der Waals surface area contributed by atoms with Gasteiger partial charge in [-0.2, -0.15) is 4.39 Å². The molecule has 1 N–H and O–H groups in total. The summed E-state index contributed by atoms with van der Waals surface area (Å²) in [4.78, 5) is 7.52. The minimum absolute atomic E-state index is 0.382. The van der Waals surface area contributed by atoms with Gasteiger partial charge in [0, 0.05) is 34.0 Å². The molecule has 0 aliphatic heterocycles. The predicted molar refractivity (Wildman–Crippen MR) is 120 cm³/mol. The van der Waals surface area contributed by atoms with Gasteiger partial charge in [-0.3, -0.25) is 0 Å². The number of aliphatic hydroxyl groups excluding tert-OH is 1. The standard InChI is InChI=1S/C11H14BrNO.C6H12O.C5H3BrFN/c1-11(2)5-8(11)7-14-10-4-3-9(12)6-13-10;1-6(2)3-5(6)4-7;6-4-1-2-5(7)8-3-4/h3-4,6,8H,5,7H2,1-2H3;5,7H,3-4H2,1-2H3;1-3H. The second kappa shape index (κ2) is 10.3. The first kappa shape index (κ1) is 24.2. The van der Waals surface area contributed by atoms with E-state index in [-0.39, 0.29) is 0 Å². The van der Waals surface area contributed by atoms with Crippen LogP contribution in [0.3, 0.4) is 0 Å². The van der Waals surface area contributed by atoms with Gasteiger partial charge in [0.25, 0.3) is 0 Å². The Kier molecular flexibility index (Phi) is 8.61. The average Bonchev–Trinajstić information content (AvgIpc) is 3.51. The van der Waals surface area contributed by atoms with Gasteiger partial charge in [-0.15, -0.1) is 0 Å². The molecule has 2 aromatic heterocycles. The molecular formula is C22H29Br2FN2O2. The van der Waals surface area contributed by atoms with Crippen LogP contribution < -0.4 is 4.74 Å². The topological polar surface area (TPSA) is 55.2 Å². The van der Waals surface area contributed by atoms with Gasteiger partial charge in [0.2, 0.25) is 11.8 Å². The lowest BCUT2D eigenvalue weighted by atomic mass is 10.1. The number of aliphatic hydroxyl groups is 1. The number of nitrogens with zero attached hydrogens (tertiary/aromatic N) is 2. The van der Waals surface area contributed by atoms with Crippen LogP contribution in [0.2, 0.25) is 0 Å². The lowest BCUT2D eigenvalue weighted by Crippen LogP contribution is -2.04. The molecule has 0 amide bonds. The minimum Gasteiger partial charge on any atom is -0.477 e. The van der Waals surface area contributed by atoms with Crippen LogP contribution in [0.4, 0.5) is 4.39 Å². The maximum Gasteiger partial charge on any atom is 0.213 e. The molecule has 2 aromatic rings. The summed E-state index contributed by atoms with van der Waals surface area (Å²) in [6.07, 6.45) is 5.65. The second-order valence-electron chi connectivity index (χ2n) is 8.89. The SMILES string of the molecule is CC1(C)CC1CO.CC1(C)CC1COc1ccc(Br)cn1.Fc1ccc(Br)cn1. The molecular weight excluding hydrogens is 503 g/mol.